The summed E-state index contributed by atoms with van der Waals surface area (Å²) in [4.78, 5) is 12.8. The van der Waals surface area contributed by atoms with Crippen LogP contribution in [-0.2, 0) is 18.8 Å². The molecule has 1 atom stereocenters. The van der Waals surface area contributed by atoms with E-state index in [1.165, 1.54) is 19.3 Å². The Bertz CT molecular complexity index is 804. The molecule has 0 spiro atoms. The van der Waals surface area contributed by atoms with E-state index in [4.69, 9.17) is 14.0 Å². The minimum Gasteiger partial charge on any atom is -0.459 e. The molecule has 0 bridgehead atoms. The molecule has 1 aliphatic heterocycles. The number of hydrogen-bond donors (Lipinski definition) is 1. The molecule has 1 heterocycles. The van der Waals surface area contributed by atoms with Crippen LogP contribution in [-0.4, -0.2) is 42.5 Å². The minimum absolute atomic E-state index is 0.130. The molecule has 2 aliphatic rings. The fourth-order valence-electron chi connectivity index (χ4n) is 4.41. The molecule has 0 amide bonds. The topological polar surface area (TPSA) is 56.8 Å². The first-order valence-corrected chi connectivity index (χ1v) is 12.5. The van der Waals surface area contributed by atoms with Gasteiger partial charge in [-0.1, -0.05) is 55.7 Å². The first kappa shape index (κ1) is 26.0. The number of esters is 1. The van der Waals surface area contributed by atoms with E-state index >= 15 is 0 Å². The Morgan fingerprint density at radius 1 is 1.09 bits per heavy atom. The van der Waals surface area contributed by atoms with Crippen LogP contribution in [0, 0.1) is 5.92 Å². The van der Waals surface area contributed by atoms with Gasteiger partial charge >= 0.3 is 13.1 Å². The second kappa shape index (κ2) is 10.3. The summed E-state index contributed by atoms with van der Waals surface area (Å²) in [6.45, 7) is 14.7. The first-order valence-electron chi connectivity index (χ1n) is 12.5. The second-order valence-corrected chi connectivity index (χ2v) is 11.5. The second-order valence-electron chi connectivity index (χ2n) is 11.5. The largest absolute Gasteiger partial charge is 0.494 e. The predicted octanol–water partition coefficient (Wildman–Crippen LogP) is 4.88. The van der Waals surface area contributed by atoms with Crippen LogP contribution in [0.5, 0.6) is 0 Å². The van der Waals surface area contributed by atoms with Gasteiger partial charge in [-0.05, 0) is 78.3 Å². The number of ether oxygens (including phenoxy) is 1. The molecule has 0 unspecified atom stereocenters. The summed E-state index contributed by atoms with van der Waals surface area (Å²) in [5.41, 5.74) is 0.964. The van der Waals surface area contributed by atoms with Gasteiger partial charge in [0.15, 0.2) is 0 Å². The molecule has 2 fully saturated rings. The first-order chi connectivity index (χ1) is 15.4. The van der Waals surface area contributed by atoms with Crippen molar-refractivity contribution in [3.63, 3.8) is 0 Å². The summed E-state index contributed by atoms with van der Waals surface area (Å²) < 4.78 is 18.0. The van der Waals surface area contributed by atoms with Gasteiger partial charge < -0.3 is 19.4 Å². The molecule has 0 aromatic heterocycles. The normalized spacial score (nSPS) is 22.0. The summed E-state index contributed by atoms with van der Waals surface area (Å²) in [6, 6.07) is 8.01. The van der Waals surface area contributed by atoms with Gasteiger partial charge in [0.25, 0.3) is 0 Å². The highest BCUT2D eigenvalue weighted by Gasteiger charge is 2.51. The van der Waals surface area contributed by atoms with E-state index in [-0.39, 0.29) is 30.3 Å². The molecule has 5 nitrogen and oxygen atoms in total. The molecule has 1 saturated carbocycles. The van der Waals surface area contributed by atoms with Gasteiger partial charge in [0.05, 0.1) is 11.2 Å². The van der Waals surface area contributed by atoms with Crippen LogP contribution < -0.4 is 10.8 Å². The van der Waals surface area contributed by atoms with E-state index in [1.54, 1.807) is 0 Å². The van der Waals surface area contributed by atoms with E-state index in [2.05, 4.69) is 69.4 Å². The third-order valence-electron chi connectivity index (χ3n) is 7.01. The zero-order valence-electron chi connectivity index (χ0n) is 21.6. The third kappa shape index (κ3) is 6.94. The molecular weight excluding hydrogens is 413 g/mol. The van der Waals surface area contributed by atoms with Gasteiger partial charge in [0.2, 0.25) is 0 Å². The van der Waals surface area contributed by atoms with Gasteiger partial charge in [0.1, 0.15) is 11.6 Å². The Kier molecular flexibility index (Phi) is 8.13. The maximum atomic E-state index is 12.8. The minimum atomic E-state index is -0.472. The van der Waals surface area contributed by atoms with E-state index in [0.29, 0.717) is 12.5 Å². The lowest BCUT2D eigenvalue weighted by Crippen LogP contribution is -2.46. The quantitative estimate of drug-likeness (QED) is 0.469. The maximum Gasteiger partial charge on any atom is 0.494 e. The SMILES string of the molecule is CC(C)(C)OC(=O)[C@@H](NC/C=C/c1ccc(B2OC(C)(C)C(C)(C)O2)cc1)C1CCCCC1. The van der Waals surface area contributed by atoms with Crippen molar-refractivity contribution in [1.82, 2.24) is 5.32 Å². The van der Waals surface area contributed by atoms with Crippen LogP contribution in [0.25, 0.3) is 6.08 Å². The maximum absolute atomic E-state index is 12.8. The summed E-state index contributed by atoms with van der Waals surface area (Å²) in [5.74, 6) is 0.218. The molecule has 1 saturated heterocycles. The Morgan fingerprint density at radius 2 is 1.67 bits per heavy atom. The van der Waals surface area contributed by atoms with E-state index in [9.17, 15) is 4.79 Å². The standard InChI is InChI=1S/C27H42BNO4/c1-25(2,3)31-24(30)23(21-13-9-8-10-14-21)29-19-11-12-20-15-17-22(18-16-20)28-32-26(4,5)27(6,7)33-28/h11-12,15-18,21,23,29H,8-10,13-14,19H2,1-7H3/b12-11+/t23-/m0/s1. The zero-order valence-corrected chi connectivity index (χ0v) is 21.6. The van der Waals surface area contributed by atoms with Gasteiger partial charge in [0, 0.05) is 6.54 Å². The Morgan fingerprint density at radius 3 is 2.21 bits per heavy atom. The number of nitrogens with one attached hydrogen (secondary N) is 1. The Labute approximate surface area is 200 Å². The average molecular weight is 455 g/mol. The number of carbonyl (C=O) groups excluding carboxylic acids is 1. The lowest BCUT2D eigenvalue weighted by molar-refractivity contribution is -0.159. The lowest BCUT2D eigenvalue weighted by Gasteiger charge is -2.32. The highest BCUT2D eigenvalue weighted by atomic mass is 16.7. The van der Waals surface area contributed by atoms with Crippen molar-refractivity contribution in [3.05, 3.63) is 35.9 Å². The van der Waals surface area contributed by atoms with Crippen LogP contribution in [0.15, 0.2) is 30.3 Å². The Balaban J connectivity index is 1.57. The monoisotopic (exact) mass is 455 g/mol. The van der Waals surface area contributed by atoms with Crippen LogP contribution in [0.2, 0.25) is 0 Å². The summed E-state index contributed by atoms with van der Waals surface area (Å²) >= 11 is 0. The van der Waals surface area contributed by atoms with Crippen molar-refractivity contribution < 1.29 is 18.8 Å². The summed E-state index contributed by atoms with van der Waals surface area (Å²) in [6.07, 6.45) is 9.96. The molecule has 182 valence electrons. The van der Waals surface area contributed by atoms with Gasteiger partial charge in [-0.3, -0.25) is 4.79 Å². The van der Waals surface area contributed by atoms with Gasteiger partial charge in [-0.15, -0.1) is 0 Å². The van der Waals surface area contributed by atoms with Crippen LogP contribution in [0.1, 0.15) is 86.1 Å². The van der Waals surface area contributed by atoms with E-state index in [0.717, 1.165) is 23.9 Å². The van der Waals surface area contributed by atoms with E-state index < -0.39 is 5.60 Å². The number of hydrogen-bond acceptors (Lipinski definition) is 5. The highest BCUT2D eigenvalue weighted by Crippen LogP contribution is 2.36. The van der Waals surface area contributed by atoms with Crippen molar-refractivity contribution in [2.75, 3.05) is 6.54 Å². The molecular formula is C27H42BNO4. The number of rotatable bonds is 7. The van der Waals surface area contributed by atoms with Crippen LogP contribution in [0.4, 0.5) is 0 Å². The molecule has 1 aromatic carbocycles. The van der Waals surface area contributed by atoms with Crippen LogP contribution in [0.3, 0.4) is 0 Å². The molecule has 1 aliphatic carbocycles. The lowest BCUT2D eigenvalue weighted by atomic mass is 9.79. The van der Waals surface area contributed by atoms with Crippen molar-refractivity contribution in [3.8, 4) is 0 Å². The summed E-state index contributed by atoms with van der Waals surface area (Å²) in [7, 11) is -0.347. The highest BCUT2D eigenvalue weighted by molar-refractivity contribution is 6.62. The summed E-state index contributed by atoms with van der Waals surface area (Å²) in [5, 5.41) is 3.45. The molecule has 33 heavy (non-hydrogen) atoms. The zero-order chi connectivity index (χ0) is 24.3. The molecule has 0 radical (unpaired) electrons. The van der Waals surface area contributed by atoms with Gasteiger partial charge in [-0.2, -0.15) is 0 Å². The fourth-order valence-corrected chi connectivity index (χ4v) is 4.41. The Hall–Kier alpha value is -1.63. The fraction of sp³-hybridized carbons (Fsp3) is 0.667. The molecule has 1 N–H and O–H groups in total. The molecule has 6 heteroatoms. The van der Waals surface area contributed by atoms with Crippen molar-refractivity contribution >= 4 is 24.6 Å². The van der Waals surface area contributed by atoms with E-state index in [1.807, 2.05) is 20.8 Å². The molecule has 1 aromatic rings. The smallest absolute Gasteiger partial charge is 0.459 e. The van der Waals surface area contributed by atoms with Crippen LogP contribution >= 0.6 is 0 Å². The van der Waals surface area contributed by atoms with Gasteiger partial charge in [-0.25, -0.2) is 0 Å². The van der Waals surface area contributed by atoms with Crippen molar-refractivity contribution in [1.29, 1.82) is 0 Å². The van der Waals surface area contributed by atoms with Crippen molar-refractivity contribution in [2.24, 2.45) is 5.92 Å². The predicted molar refractivity (Wildman–Crippen MR) is 135 cm³/mol. The van der Waals surface area contributed by atoms with Crippen molar-refractivity contribution in [2.45, 2.75) is 103 Å². The number of carbonyl (C=O) groups is 1. The average Bonchev–Trinajstić information content (AvgIpc) is 2.95. The third-order valence-corrected chi connectivity index (χ3v) is 7.01. The molecule has 3 rings (SSSR count). The number of benzene rings is 1.